The van der Waals surface area contributed by atoms with Crippen molar-refractivity contribution in [3.63, 3.8) is 0 Å². The second-order valence-electron chi connectivity index (χ2n) is 11.8. The van der Waals surface area contributed by atoms with Crippen LogP contribution in [-0.4, -0.2) is 49.4 Å². The van der Waals surface area contributed by atoms with Gasteiger partial charge in [0.25, 0.3) is 0 Å². The fraction of sp³-hybridized carbons (Fsp3) is 1.00. The zero-order valence-electron chi connectivity index (χ0n) is 30.4. The summed E-state index contributed by atoms with van der Waals surface area (Å²) in [5.74, 6) is 0. The van der Waals surface area contributed by atoms with Crippen molar-refractivity contribution in [2.24, 2.45) is 0 Å². The summed E-state index contributed by atoms with van der Waals surface area (Å²) in [5, 5.41) is 0. The van der Waals surface area contributed by atoms with Gasteiger partial charge in [0.2, 0.25) is 0 Å². The molecular formula is C34H74O9P2Ti. The predicted octanol–water partition coefficient (Wildman–Crippen LogP) is 11.7. The first-order valence-corrected chi connectivity index (χ1v) is 23.0. The van der Waals surface area contributed by atoms with Gasteiger partial charge in [0.05, 0.1) is 26.4 Å². The van der Waals surface area contributed by atoms with Crippen molar-refractivity contribution >= 4 is 17.2 Å². The maximum absolute atomic E-state index is 10.0. The minimum atomic E-state index is -2.52. The van der Waals surface area contributed by atoms with Crippen molar-refractivity contribution in [1.29, 1.82) is 0 Å². The van der Waals surface area contributed by atoms with Crippen LogP contribution < -0.4 is 0 Å². The van der Waals surface area contributed by atoms with E-state index < -0.39 is 35.8 Å². The normalized spacial score (nSPS) is 12.8. The van der Waals surface area contributed by atoms with Crippen molar-refractivity contribution in [3.05, 3.63) is 0 Å². The summed E-state index contributed by atoms with van der Waals surface area (Å²) in [6, 6.07) is 0. The molecule has 0 atom stereocenters. The quantitative estimate of drug-likeness (QED) is 0.0396. The second-order valence-corrected chi connectivity index (χ2v) is 15.5. The summed E-state index contributed by atoms with van der Waals surface area (Å²) in [5.41, 5.74) is 0. The minimum absolute atomic E-state index is 0.527. The Hall–Kier alpha value is 1.05. The molecule has 0 aromatic heterocycles. The Morgan fingerprint density at radius 1 is 0.435 bits per heavy atom. The van der Waals surface area contributed by atoms with Crippen molar-refractivity contribution in [3.8, 4) is 0 Å². The van der Waals surface area contributed by atoms with Crippen LogP contribution in [-0.2, 0) is 46.7 Å². The number of hydrogen-bond donors (Lipinski definition) is 2. The van der Waals surface area contributed by atoms with Gasteiger partial charge in [0.15, 0.2) is 0 Å². The third-order valence-electron chi connectivity index (χ3n) is 7.32. The van der Waals surface area contributed by atoms with Crippen molar-refractivity contribution < 1.29 is 56.5 Å². The Balaban J connectivity index is 0. The van der Waals surface area contributed by atoms with Crippen LogP contribution in [0.4, 0.5) is 0 Å². The molecule has 2 N–H and O–H groups in total. The van der Waals surface area contributed by atoms with Crippen LogP contribution >= 0.6 is 17.2 Å². The molecule has 0 spiro atoms. The third kappa shape index (κ3) is 45.1. The van der Waals surface area contributed by atoms with E-state index >= 15 is 0 Å². The first kappa shape index (κ1) is 49.2. The first-order chi connectivity index (χ1) is 22.5. The van der Waals surface area contributed by atoms with Crippen LogP contribution in [0.5, 0.6) is 0 Å². The van der Waals surface area contributed by atoms with E-state index in [0.717, 1.165) is 25.7 Å². The molecule has 0 aromatic carbocycles. The fourth-order valence-electron chi connectivity index (χ4n) is 4.47. The summed E-state index contributed by atoms with van der Waals surface area (Å²) in [6.07, 6.45) is 29.7. The van der Waals surface area contributed by atoms with E-state index in [-0.39, 0.29) is 0 Å². The average Bonchev–Trinajstić information content (AvgIpc) is 3.54. The average molecular weight is 737 g/mol. The Bertz CT molecular complexity index is 501. The molecule has 0 saturated carbocycles. The Kier molecular flexibility index (Phi) is 47.1. The Labute approximate surface area is 294 Å². The van der Waals surface area contributed by atoms with Gasteiger partial charge in [-0.05, 0) is 25.7 Å². The van der Waals surface area contributed by atoms with E-state index in [4.69, 9.17) is 18.1 Å². The first-order valence-electron chi connectivity index (χ1n) is 18.8. The molecule has 0 aliphatic carbocycles. The molecule has 0 radical (unpaired) electrons. The van der Waals surface area contributed by atoms with Gasteiger partial charge in [-0.1, -0.05) is 156 Å². The second kappa shape index (κ2) is 44.1. The van der Waals surface area contributed by atoms with Crippen LogP contribution in [0.2, 0.25) is 0 Å². The summed E-state index contributed by atoms with van der Waals surface area (Å²) in [7, 11) is -3.27. The number of rotatable bonds is 32. The molecule has 0 amide bonds. The zero-order chi connectivity index (χ0) is 34.2. The third-order valence-corrected chi connectivity index (χ3v) is 10.3. The monoisotopic (exact) mass is 736 g/mol. The van der Waals surface area contributed by atoms with E-state index in [1.807, 2.05) is 0 Å². The topological polar surface area (TPSA) is 113 Å². The maximum atomic E-state index is 10.0. The molecule has 1 saturated heterocycles. The molecule has 0 unspecified atom stereocenters. The molecule has 46 heavy (non-hydrogen) atoms. The van der Waals surface area contributed by atoms with E-state index in [1.54, 1.807) is 0 Å². The van der Waals surface area contributed by atoms with Crippen LogP contribution in [0.3, 0.4) is 0 Å². The number of hydrogen-bond acceptors (Lipinski definition) is 9. The SMILES string of the molecule is CCCCCCCCOP(O)OCCCCCCCC.CCCCCCCCOP(O)OCCCCCCCC.[O]=[Ti]1[O]CC[O]1. The van der Waals surface area contributed by atoms with Crippen molar-refractivity contribution in [2.75, 3.05) is 39.6 Å². The number of unbranched alkanes of at least 4 members (excludes halogenated alkanes) is 20. The van der Waals surface area contributed by atoms with Gasteiger partial charge in [0, 0.05) is 0 Å². The molecule has 0 aromatic rings. The zero-order valence-corrected chi connectivity index (χ0v) is 33.7. The fourth-order valence-corrected chi connectivity index (χ4v) is 6.67. The van der Waals surface area contributed by atoms with Crippen LogP contribution in [0.15, 0.2) is 0 Å². The molecule has 12 heteroatoms. The van der Waals surface area contributed by atoms with Gasteiger partial charge in [-0.25, -0.2) is 0 Å². The molecule has 9 nitrogen and oxygen atoms in total. The van der Waals surface area contributed by atoms with E-state index in [2.05, 4.69) is 34.3 Å². The van der Waals surface area contributed by atoms with Gasteiger partial charge in [-0.2, -0.15) is 0 Å². The van der Waals surface area contributed by atoms with E-state index in [0.29, 0.717) is 39.6 Å². The summed E-state index contributed by atoms with van der Waals surface area (Å²) < 4.78 is 40.3. The van der Waals surface area contributed by atoms with Crippen LogP contribution in [0.1, 0.15) is 182 Å². The van der Waals surface area contributed by atoms with E-state index in [1.165, 1.54) is 128 Å². The molecule has 1 heterocycles. The molecular weight excluding hydrogens is 662 g/mol. The molecule has 0 bridgehead atoms. The summed E-state index contributed by atoms with van der Waals surface area (Å²) in [6.45, 7) is 12.5. The predicted molar refractivity (Wildman–Crippen MR) is 188 cm³/mol. The summed E-state index contributed by atoms with van der Waals surface area (Å²) >= 11 is -2.52. The van der Waals surface area contributed by atoms with Gasteiger partial charge in [-0.15, -0.1) is 0 Å². The Morgan fingerprint density at radius 3 is 0.848 bits per heavy atom. The molecule has 1 aliphatic rings. The van der Waals surface area contributed by atoms with Gasteiger partial charge >= 0.3 is 59.0 Å². The molecule has 1 fully saturated rings. The van der Waals surface area contributed by atoms with Crippen molar-refractivity contribution in [2.45, 2.75) is 182 Å². The van der Waals surface area contributed by atoms with Gasteiger partial charge in [-0.3, -0.25) is 0 Å². The molecule has 1 aliphatic heterocycles. The summed E-state index contributed by atoms with van der Waals surface area (Å²) in [4.78, 5) is 19.1. The Morgan fingerprint density at radius 2 is 0.652 bits per heavy atom. The van der Waals surface area contributed by atoms with Gasteiger partial charge in [0.1, 0.15) is 0 Å². The molecule has 1 rings (SSSR count). The molecule has 278 valence electrons. The van der Waals surface area contributed by atoms with Gasteiger partial charge < -0.3 is 27.9 Å². The van der Waals surface area contributed by atoms with E-state index in [9.17, 15) is 13.1 Å². The van der Waals surface area contributed by atoms with Crippen LogP contribution in [0.25, 0.3) is 0 Å². The standard InChI is InChI=1S/2C16H35O3P.C2H4O2.O.Ti/c2*1-3-5-7-9-11-13-15-18-20(17)19-16-14-12-10-8-6-4-2;3-1-2-4;;/h2*17H,3-16H2,1-2H3;1-2H2;;/q;;-2;;+2. The van der Waals surface area contributed by atoms with Crippen molar-refractivity contribution in [1.82, 2.24) is 0 Å². The van der Waals surface area contributed by atoms with Crippen LogP contribution in [0, 0.1) is 0 Å².